The van der Waals surface area contributed by atoms with E-state index in [0.29, 0.717) is 24.2 Å². The second-order valence-electron chi connectivity index (χ2n) is 6.71. The molecule has 1 amide bonds. The van der Waals surface area contributed by atoms with E-state index in [4.69, 9.17) is 0 Å². The van der Waals surface area contributed by atoms with Crippen LogP contribution < -0.4 is 5.32 Å². The van der Waals surface area contributed by atoms with Crippen molar-refractivity contribution >= 4 is 15.9 Å². The minimum Gasteiger partial charge on any atom is -0.345 e. The van der Waals surface area contributed by atoms with Gasteiger partial charge in [-0.1, -0.05) is 24.6 Å². The minimum atomic E-state index is -3.52. The van der Waals surface area contributed by atoms with Gasteiger partial charge < -0.3 is 5.32 Å². The van der Waals surface area contributed by atoms with Crippen LogP contribution in [0, 0.1) is 5.82 Å². The first kappa shape index (κ1) is 19.5. The zero-order valence-electron chi connectivity index (χ0n) is 15.2. The third kappa shape index (κ3) is 4.36. The molecule has 3 rings (SSSR count). The quantitative estimate of drug-likeness (QED) is 0.850. The maximum absolute atomic E-state index is 13.8. The lowest BCUT2D eigenvalue weighted by Crippen LogP contribution is -2.35. The summed E-state index contributed by atoms with van der Waals surface area (Å²) in [6.45, 7) is 2.76. The van der Waals surface area contributed by atoms with Gasteiger partial charge in [0.15, 0.2) is 0 Å². The van der Waals surface area contributed by atoms with Gasteiger partial charge in [0.25, 0.3) is 5.91 Å². The fourth-order valence-corrected chi connectivity index (χ4v) is 4.73. The highest BCUT2D eigenvalue weighted by Crippen LogP contribution is 2.21. The largest absolute Gasteiger partial charge is 0.345 e. The van der Waals surface area contributed by atoms with Gasteiger partial charge >= 0.3 is 0 Å². The minimum absolute atomic E-state index is 0.183. The Morgan fingerprint density at radius 1 is 1.04 bits per heavy atom. The third-order valence-electron chi connectivity index (χ3n) is 4.79. The zero-order valence-corrected chi connectivity index (χ0v) is 16.0. The Morgan fingerprint density at radius 2 is 1.67 bits per heavy atom. The molecule has 0 saturated carbocycles. The van der Waals surface area contributed by atoms with E-state index >= 15 is 0 Å². The molecular weight excluding hydrogens is 367 g/mol. The topological polar surface area (TPSA) is 66.5 Å². The van der Waals surface area contributed by atoms with E-state index in [1.165, 1.54) is 34.6 Å². The molecule has 1 N–H and O–H groups in total. The molecule has 1 fully saturated rings. The first-order chi connectivity index (χ1) is 12.9. The SMILES string of the molecule is CC(NC(=O)c1ccc(S(=O)(=O)N2CCCCC2)cc1)c1ccccc1F. The molecule has 27 heavy (non-hydrogen) atoms. The van der Waals surface area contributed by atoms with E-state index in [1.807, 2.05) is 0 Å². The highest BCUT2D eigenvalue weighted by molar-refractivity contribution is 7.89. The van der Waals surface area contributed by atoms with E-state index in [-0.39, 0.29) is 16.6 Å². The molecule has 0 aliphatic carbocycles. The average Bonchev–Trinajstić information content (AvgIpc) is 2.69. The van der Waals surface area contributed by atoms with Crippen molar-refractivity contribution in [2.24, 2.45) is 0 Å². The number of amides is 1. The summed E-state index contributed by atoms with van der Waals surface area (Å²) < 4.78 is 40.6. The molecule has 2 aromatic carbocycles. The monoisotopic (exact) mass is 390 g/mol. The van der Waals surface area contributed by atoms with Crippen LogP contribution in [0.2, 0.25) is 0 Å². The van der Waals surface area contributed by atoms with Crippen molar-refractivity contribution < 1.29 is 17.6 Å². The van der Waals surface area contributed by atoms with E-state index in [1.54, 1.807) is 25.1 Å². The Labute approximate surface area is 159 Å². The van der Waals surface area contributed by atoms with Crippen LogP contribution in [0.4, 0.5) is 4.39 Å². The number of nitrogens with zero attached hydrogens (tertiary/aromatic N) is 1. The van der Waals surface area contributed by atoms with E-state index in [2.05, 4.69) is 5.32 Å². The summed E-state index contributed by atoms with van der Waals surface area (Å²) in [7, 11) is -3.52. The smallest absolute Gasteiger partial charge is 0.251 e. The fourth-order valence-electron chi connectivity index (χ4n) is 3.22. The highest BCUT2D eigenvalue weighted by atomic mass is 32.2. The molecule has 0 radical (unpaired) electrons. The van der Waals surface area contributed by atoms with Crippen LogP contribution in [0.25, 0.3) is 0 Å². The molecule has 1 aliphatic rings. The van der Waals surface area contributed by atoms with Crippen molar-refractivity contribution in [1.82, 2.24) is 9.62 Å². The van der Waals surface area contributed by atoms with Crippen LogP contribution in [0.1, 0.15) is 48.1 Å². The number of rotatable bonds is 5. The standard InChI is InChI=1S/C20H23FN2O3S/c1-15(18-7-3-4-8-19(18)21)22-20(24)16-9-11-17(12-10-16)27(25,26)23-13-5-2-6-14-23/h3-4,7-12,15H,2,5-6,13-14H2,1H3,(H,22,24). The van der Waals surface area contributed by atoms with Gasteiger partial charge in [-0.3, -0.25) is 4.79 Å². The Kier molecular flexibility index (Phi) is 5.92. The normalized spacial score (nSPS) is 16.7. The first-order valence-electron chi connectivity index (χ1n) is 9.05. The second kappa shape index (κ2) is 8.19. The lowest BCUT2D eigenvalue weighted by molar-refractivity contribution is 0.0939. The summed E-state index contributed by atoms with van der Waals surface area (Å²) in [5.41, 5.74) is 0.728. The van der Waals surface area contributed by atoms with Gasteiger partial charge in [-0.25, -0.2) is 12.8 Å². The lowest BCUT2D eigenvalue weighted by Gasteiger charge is -2.25. The van der Waals surface area contributed by atoms with Gasteiger partial charge in [0.2, 0.25) is 10.0 Å². The molecule has 1 aliphatic heterocycles. The summed E-state index contributed by atoms with van der Waals surface area (Å²) >= 11 is 0. The number of hydrogen-bond donors (Lipinski definition) is 1. The molecular formula is C20H23FN2O3S. The Hall–Kier alpha value is -2.25. The van der Waals surface area contributed by atoms with Crippen LogP contribution in [-0.4, -0.2) is 31.7 Å². The molecule has 1 unspecified atom stereocenters. The van der Waals surface area contributed by atoms with E-state index < -0.39 is 16.1 Å². The van der Waals surface area contributed by atoms with Crippen LogP contribution in [0.3, 0.4) is 0 Å². The molecule has 7 heteroatoms. The van der Waals surface area contributed by atoms with Gasteiger partial charge in [0.05, 0.1) is 10.9 Å². The number of hydrogen-bond acceptors (Lipinski definition) is 3. The van der Waals surface area contributed by atoms with Gasteiger partial charge in [-0.05, 0) is 50.1 Å². The van der Waals surface area contributed by atoms with Crippen LogP contribution >= 0.6 is 0 Å². The predicted molar refractivity (Wildman–Crippen MR) is 101 cm³/mol. The van der Waals surface area contributed by atoms with Crippen LogP contribution in [0.15, 0.2) is 53.4 Å². The van der Waals surface area contributed by atoms with Crippen LogP contribution in [0.5, 0.6) is 0 Å². The molecule has 5 nitrogen and oxygen atoms in total. The van der Waals surface area contributed by atoms with E-state index in [0.717, 1.165) is 19.3 Å². The van der Waals surface area contributed by atoms with Gasteiger partial charge in [0, 0.05) is 24.2 Å². The number of sulfonamides is 1. The second-order valence-corrected chi connectivity index (χ2v) is 8.64. The molecule has 1 atom stereocenters. The maximum atomic E-state index is 13.8. The molecule has 0 aromatic heterocycles. The molecule has 144 valence electrons. The number of nitrogens with one attached hydrogen (secondary N) is 1. The number of carbonyl (C=O) groups is 1. The maximum Gasteiger partial charge on any atom is 0.251 e. The third-order valence-corrected chi connectivity index (χ3v) is 6.70. The average molecular weight is 390 g/mol. The van der Waals surface area contributed by atoms with Gasteiger partial charge in [0.1, 0.15) is 5.82 Å². The molecule has 2 aromatic rings. The van der Waals surface area contributed by atoms with Gasteiger partial charge in [-0.15, -0.1) is 0 Å². The fraction of sp³-hybridized carbons (Fsp3) is 0.350. The van der Waals surface area contributed by atoms with E-state index in [9.17, 15) is 17.6 Å². The highest BCUT2D eigenvalue weighted by Gasteiger charge is 2.26. The van der Waals surface area contributed by atoms with Crippen molar-refractivity contribution in [3.05, 3.63) is 65.5 Å². The van der Waals surface area contributed by atoms with Crippen molar-refractivity contribution in [3.63, 3.8) is 0 Å². The molecule has 1 saturated heterocycles. The lowest BCUT2D eigenvalue weighted by atomic mass is 10.1. The zero-order chi connectivity index (χ0) is 19.4. The molecule has 0 spiro atoms. The first-order valence-corrected chi connectivity index (χ1v) is 10.5. The summed E-state index contributed by atoms with van der Waals surface area (Å²) in [6.07, 6.45) is 2.78. The molecule has 1 heterocycles. The van der Waals surface area contributed by atoms with Crippen molar-refractivity contribution in [1.29, 1.82) is 0 Å². The predicted octanol–water partition coefficient (Wildman–Crippen LogP) is 3.49. The Balaban J connectivity index is 1.71. The summed E-state index contributed by atoms with van der Waals surface area (Å²) in [6, 6.07) is 11.6. The van der Waals surface area contributed by atoms with Crippen LogP contribution in [-0.2, 0) is 10.0 Å². The number of carbonyl (C=O) groups excluding carboxylic acids is 1. The van der Waals surface area contributed by atoms with Gasteiger partial charge in [-0.2, -0.15) is 4.31 Å². The summed E-state index contributed by atoms with van der Waals surface area (Å²) in [4.78, 5) is 12.6. The number of benzene rings is 2. The van der Waals surface area contributed by atoms with Crippen molar-refractivity contribution in [2.75, 3.05) is 13.1 Å². The van der Waals surface area contributed by atoms with Crippen molar-refractivity contribution in [3.8, 4) is 0 Å². The summed E-state index contributed by atoms with van der Waals surface area (Å²) in [5, 5.41) is 2.74. The Bertz CT molecular complexity index is 907. The molecule has 0 bridgehead atoms. The van der Waals surface area contributed by atoms with Crippen molar-refractivity contribution in [2.45, 2.75) is 37.1 Å². The summed E-state index contributed by atoms with van der Waals surface area (Å²) in [5.74, 6) is -0.763. The number of piperidine rings is 1. The Morgan fingerprint density at radius 3 is 2.30 bits per heavy atom. The number of halogens is 1.